The molecule has 0 atom stereocenters. The first kappa shape index (κ1) is 15.6. The molecule has 0 unspecified atom stereocenters. The maximum atomic E-state index is 12.4. The maximum absolute atomic E-state index is 12.4. The molecule has 24 heavy (non-hydrogen) atoms. The standard InChI is InChI=1S/C18H13NO5/c1-18(2)16(21)13-6-9(8-19)5-12(15(13)24-18)10-3-4-11(17(22)23)14(20)7-10/h3-7,20H,1-2H3,(H,22,23). The van der Waals surface area contributed by atoms with Crippen LogP contribution in [0.4, 0.5) is 0 Å². The van der Waals surface area contributed by atoms with Crippen LogP contribution in [-0.2, 0) is 0 Å². The predicted octanol–water partition coefficient (Wildman–Crippen LogP) is 2.98. The molecule has 0 saturated carbocycles. The van der Waals surface area contributed by atoms with Crippen molar-refractivity contribution in [3.8, 4) is 28.7 Å². The van der Waals surface area contributed by atoms with Gasteiger partial charge in [0.25, 0.3) is 0 Å². The Bertz CT molecular complexity index is 937. The summed E-state index contributed by atoms with van der Waals surface area (Å²) in [5.74, 6) is -1.56. The minimum Gasteiger partial charge on any atom is -0.507 e. The van der Waals surface area contributed by atoms with Crippen molar-refractivity contribution < 1.29 is 24.5 Å². The summed E-state index contributed by atoms with van der Waals surface area (Å²) in [5, 5.41) is 28.1. The molecule has 1 heterocycles. The lowest BCUT2D eigenvalue weighted by Crippen LogP contribution is -2.32. The van der Waals surface area contributed by atoms with Crippen molar-refractivity contribution in [1.82, 2.24) is 0 Å². The zero-order chi connectivity index (χ0) is 17.6. The number of hydrogen-bond donors (Lipinski definition) is 2. The summed E-state index contributed by atoms with van der Waals surface area (Å²) in [6.07, 6.45) is 0. The van der Waals surface area contributed by atoms with Gasteiger partial charge in [0.1, 0.15) is 17.1 Å². The van der Waals surface area contributed by atoms with E-state index in [1.54, 1.807) is 19.9 Å². The van der Waals surface area contributed by atoms with Crippen LogP contribution < -0.4 is 4.74 Å². The summed E-state index contributed by atoms with van der Waals surface area (Å²) in [6, 6.07) is 9.05. The van der Waals surface area contributed by atoms with Gasteiger partial charge in [-0.15, -0.1) is 0 Å². The smallest absolute Gasteiger partial charge is 0.339 e. The van der Waals surface area contributed by atoms with E-state index in [1.807, 2.05) is 6.07 Å². The van der Waals surface area contributed by atoms with Crippen LogP contribution in [-0.4, -0.2) is 27.6 Å². The first-order valence-corrected chi connectivity index (χ1v) is 7.13. The van der Waals surface area contributed by atoms with Gasteiger partial charge in [0.15, 0.2) is 5.60 Å². The SMILES string of the molecule is CC1(C)Oc2c(cc(C#N)cc2-c2ccc(C(=O)O)c(O)c2)C1=O. The highest BCUT2D eigenvalue weighted by Crippen LogP contribution is 2.43. The highest BCUT2D eigenvalue weighted by Gasteiger charge is 2.41. The Labute approximate surface area is 137 Å². The molecule has 1 aliphatic rings. The van der Waals surface area contributed by atoms with E-state index in [2.05, 4.69) is 0 Å². The number of rotatable bonds is 2. The molecule has 0 radical (unpaired) electrons. The molecule has 3 rings (SSSR count). The normalized spacial score (nSPS) is 14.6. The van der Waals surface area contributed by atoms with E-state index in [4.69, 9.17) is 9.84 Å². The Balaban J connectivity index is 2.24. The number of carbonyl (C=O) groups is 2. The molecule has 0 fully saturated rings. The number of nitrogens with zero attached hydrogens (tertiary/aromatic N) is 1. The number of carbonyl (C=O) groups excluding carboxylic acids is 1. The van der Waals surface area contributed by atoms with Crippen molar-refractivity contribution >= 4 is 11.8 Å². The van der Waals surface area contributed by atoms with Gasteiger partial charge in [0.2, 0.25) is 5.78 Å². The number of phenols is 1. The molecule has 6 heteroatoms. The van der Waals surface area contributed by atoms with Crippen molar-refractivity contribution in [2.24, 2.45) is 0 Å². The maximum Gasteiger partial charge on any atom is 0.339 e. The topological polar surface area (TPSA) is 108 Å². The van der Waals surface area contributed by atoms with Gasteiger partial charge in [-0.25, -0.2) is 4.79 Å². The van der Waals surface area contributed by atoms with E-state index in [0.717, 1.165) is 0 Å². The van der Waals surface area contributed by atoms with Crippen molar-refractivity contribution in [3.05, 3.63) is 47.0 Å². The summed E-state index contributed by atoms with van der Waals surface area (Å²) in [7, 11) is 0. The summed E-state index contributed by atoms with van der Waals surface area (Å²) < 4.78 is 5.75. The highest BCUT2D eigenvalue weighted by molar-refractivity contribution is 6.09. The second-order valence-corrected chi connectivity index (χ2v) is 5.99. The average molecular weight is 323 g/mol. The molecule has 2 aromatic carbocycles. The number of fused-ring (bicyclic) bond motifs is 1. The van der Waals surface area contributed by atoms with Gasteiger partial charge < -0.3 is 14.9 Å². The number of aromatic carboxylic acids is 1. The van der Waals surface area contributed by atoms with Crippen molar-refractivity contribution in [1.29, 1.82) is 5.26 Å². The van der Waals surface area contributed by atoms with Crippen molar-refractivity contribution in [2.45, 2.75) is 19.4 Å². The van der Waals surface area contributed by atoms with Gasteiger partial charge in [0.05, 0.1) is 17.2 Å². The van der Waals surface area contributed by atoms with Gasteiger partial charge in [-0.2, -0.15) is 5.26 Å². The fourth-order valence-corrected chi connectivity index (χ4v) is 2.69. The van der Waals surface area contributed by atoms with Crippen LogP contribution in [0.5, 0.6) is 11.5 Å². The third-order valence-corrected chi connectivity index (χ3v) is 3.91. The lowest BCUT2D eigenvalue weighted by Gasteiger charge is -2.16. The summed E-state index contributed by atoms with van der Waals surface area (Å²) in [4.78, 5) is 23.4. The van der Waals surface area contributed by atoms with E-state index in [0.29, 0.717) is 22.4 Å². The second kappa shape index (κ2) is 5.10. The molecule has 2 aromatic rings. The molecular weight excluding hydrogens is 310 g/mol. The van der Waals surface area contributed by atoms with E-state index >= 15 is 0 Å². The monoisotopic (exact) mass is 323 g/mol. The lowest BCUT2D eigenvalue weighted by molar-refractivity contribution is 0.0682. The molecule has 0 aromatic heterocycles. The molecule has 6 nitrogen and oxygen atoms in total. The number of aromatic hydroxyl groups is 1. The number of benzene rings is 2. The first-order chi connectivity index (χ1) is 11.2. The van der Waals surface area contributed by atoms with Crippen molar-refractivity contribution in [3.63, 3.8) is 0 Å². The lowest BCUT2D eigenvalue weighted by atomic mass is 9.94. The molecule has 0 bridgehead atoms. The third kappa shape index (κ3) is 2.27. The quantitative estimate of drug-likeness (QED) is 0.879. The molecule has 1 aliphatic heterocycles. The zero-order valence-corrected chi connectivity index (χ0v) is 13.0. The number of nitriles is 1. The van der Waals surface area contributed by atoms with Crippen LogP contribution in [0.25, 0.3) is 11.1 Å². The van der Waals surface area contributed by atoms with E-state index in [1.165, 1.54) is 24.3 Å². The van der Waals surface area contributed by atoms with Crippen LogP contribution >= 0.6 is 0 Å². The zero-order valence-electron chi connectivity index (χ0n) is 13.0. The number of ether oxygens (including phenoxy) is 1. The number of ketones is 1. The highest BCUT2D eigenvalue weighted by atomic mass is 16.5. The van der Waals surface area contributed by atoms with Crippen LogP contribution in [0.2, 0.25) is 0 Å². The van der Waals surface area contributed by atoms with Crippen LogP contribution in [0.15, 0.2) is 30.3 Å². The molecule has 120 valence electrons. The average Bonchev–Trinajstić information content (AvgIpc) is 2.76. The summed E-state index contributed by atoms with van der Waals surface area (Å²) in [5.41, 5.74) is 0.209. The van der Waals surface area contributed by atoms with Crippen LogP contribution in [0.3, 0.4) is 0 Å². The Hall–Kier alpha value is -3.33. The summed E-state index contributed by atoms with van der Waals surface area (Å²) >= 11 is 0. The summed E-state index contributed by atoms with van der Waals surface area (Å²) in [6.45, 7) is 3.27. The number of carboxylic acid groups (broad SMARTS) is 1. The van der Waals surface area contributed by atoms with Crippen LogP contribution in [0.1, 0.15) is 40.1 Å². The fraction of sp³-hybridized carbons (Fsp3) is 0.167. The van der Waals surface area contributed by atoms with E-state index in [9.17, 15) is 20.0 Å². The van der Waals surface area contributed by atoms with Gasteiger partial charge in [-0.1, -0.05) is 6.07 Å². The van der Waals surface area contributed by atoms with Gasteiger partial charge in [-0.3, -0.25) is 4.79 Å². The number of hydrogen-bond acceptors (Lipinski definition) is 5. The van der Waals surface area contributed by atoms with E-state index in [-0.39, 0.29) is 16.9 Å². The Morgan fingerprint density at radius 1 is 1.21 bits per heavy atom. The molecule has 0 aliphatic carbocycles. The van der Waals surface area contributed by atoms with Gasteiger partial charge in [-0.05, 0) is 43.7 Å². The number of Topliss-reactive ketones (excluding diaryl/α,β-unsaturated/α-hetero) is 1. The Morgan fingerprint density at radius 2 is 1.88 bits per heavy atom. The van der Waals surface area contributed by atoms with Gasteiger partial charge in [0, 0.05) is 5.56 Å². The van der Waals surface area contributed by atoms with E-state index < -0.39 is 17.3 Å². The van der Waals surface area contributed by atoms with Crippen LogP contribution in [0, 0.1) is 11.3 Å². The third-order valence-electron chi connectivity index (χ3n) is 3.91. The number of carboxylic acids is 1. The second-order valence-electron chi connectivity index (χ2n) is 5.99. The Morgan fingerprint density at radius 3 is 2.46 bits per heavy atom. The largest absolute Gasteiger partial charge is 0.507 e. The molecule has 0 saturated heterocycles. The molecular formula is C18H13NO5. The Kier molecular flexibility index (Phi) is 3.31. The predicted molar refractivity (Wildman–Crippen MR) is 84.3 cm³/mol. The minimum atomic E-state index is -1.25. The first-order valence-electron chi connectivity index (χ1n) is 7.13. The molecule has 0 amide bonds. The molecule has 2 N–H and O–H groups in total. The molecule has 0 spiro atoms. The fourth-order valence-electron chi connectivity index (χ4n) is 2.69. The minimum absolute atomic E-state index is 0.232. The van der Waals surface area contributed by atoms with Crippen molar-refractivity contribution in [2.75, 3.05) is 0 Å². The van der Waals surface area contributed by atoms with Gasteiger partial charge >= 0.3 is 5.97 Å².